The van der Waals surface area contributed by atoms with E-state index >= 15 is 0 Å². The van der Waals surface area contributed by atoms with Crippen molar-refractivity contribution in [3.63, 3.8) is 0 Å². The molecule has 0 unspecified atom stereocenters. The molecule has 3 aromatic carbocycles. The van der Waals surface area contributed by atoms with Gasteiger partial charge in [0.1, 0.15) is 0 Å². The van der Waals surface area contributed by atoms with Crippen LogP contribution in [0, 0.1) is 28.9 Å². The highest BCUT2D eigenvalue weighted by Crippen LogP contribution is 2.64. The molecule has 1 aliphatic heterocycles. The number of hydrogen-bond acceptors (Lipinski definition) is 4. The van der Waals surface area contributed by atoms with E-state index in [0.29, 0.717) is 11.3 Å². The number of non-ortho nitro benzene ring substituents is 1. The molecule has 2 bridgehead atoms. The molecule has 0 N–H and O–H groups in total. The summed E-state index contributed by atoms with van der Waals surface area (Å²) < 4.78 is 0. The van der Waals surface area contributed by atoms with E-state index in [1.807, 2.05) is 24.3 Å². The molecule has 3 aliphatic carbocycles. The number of nitro groups is 1. The quantitative estimate of drug-likeness (QED) is 0.345. The molecule has 158 valence electrons. The van der Waals surface area contributed by atoms with Gasteiger partial charge in [-0.05, 0) is 34.7 Å². The maximum absolute atomic E-state index is 13.9. The van der Waals surface area contributed by atoms with Crippen molar-refractivity contribution >= 4 is 23.2 Å². The van der Waals surface area contributed by atoms with Gasteiger partial charge in [-0.25, -0.2) is 4.90 Å². The first-order valence-electron chi connectivity index (χ1n) is 10.7. The van der Waals surface area contributed by atoms with E-state index < -0.39 is 22.2 Å². The number of amides is 2. The summed E-state index contributed by atoms with van der Waals surface area (Å²) >= 11 is 0. The van der Waals surface area contributed by atoms with Gasteiger partial charge in [-0.15, -0.1) is 0 Å². The van der Waals surface area contributed by atoms with Crippen molar-refractivity contribution < 1.29 is 14.5 Å². The number of rotatable bonds is 2. The second kappa shape index (κ2) is 6.13. The number of hydrogen-bond donors (Lipinski definition) is 0. The average molecular weight is 424 g/mol. The molecule has 3 aromatic rings. The summed E-state index contributed by atoms with van der Waals surface area (Å²) in [5, 5.41) is 11.4. The second-order valence-corrected chi connectivity index (χ2v) is 9.10. The van der Waals surface area contributed by atoms with Gasteiger partial charge in [0.2, 0.25) is 11.8 Å². The normalized spacial score (nSPS) is 27.2. The highest BCUT2D eigenvalue weighted by atomic mass is 16.6. The molecule has 6 nitrogen and oxygen atoms in total. The first kappa shape index (κ1) is 18.9. The van der Waals surface area contributed by atoms with Crippen molar-refractivity contribution in [1.29, 1.82) is 0 Å². The van der Waals surface area contributed by atoms with Crippen LogP contribution in [-0.4, -0.2) is 16.7 Å². The van der Waals surface area contributed by atoms with Crippen LogP contribution in [0.2, 0.25) is 0 Å². The van der Waals surface area contributed by atoms with Crippen LogP contribution in [0.25, 0.3) is 0 Å². The van der Waals surface area contributed by atoms with Crippen LogP contribution in [0.1, 0.15) is 40.7 Å². The minimum absolute atomic E-state index is 0.137. The van der Waals surface area contributed by atoms with Gasteiger partial charge in [-0.3, -0.25) is 19.7 Å². The molecule has 32 heavy (non-hydrogen) atoms. The number of nitro benzene ring substituents is 1. The van der Waals surface area contributed by atoms with Gasteiger partial charge >= 0.3 is 0 Å². The summed E-state index contributed by atoms with van der Waals surface area (Å²) in [6.45, 7) is 3.83. The average Bonchev–Trinajstić information content (AvgIpc) is 3.06. The Balaban J connectivity index is 1.60. The minimum atomic E-state index is -0.650. The van der Waals surface area contributed by atoms with Gasteiger partial charge in [0.25, 0.3) is 5.69 Å². The zero-order valence-corrected chi connectivity index (χ0v) is 17.6. The highest BCUT2D eigenvalue weighted by molar-refractivity contribution is 6.24. The molecule has 0 radical (unpaired) electrons. The van der Waals surface area contributed by atoms with E-state index in [-0.39, 0.29) is 23.4 Å². The van der Waals surface area contributed by atoms with Crippen molar-refractivity contribution in [1.82, 2.24) is 0 Å². The zero-order valence-electron chi connectivity index (χ0n) is 17.6. The molecule has 1 saturated heterocycles. The first-order valence-corrected chi connectivity index (χ1v) is 10.7. The second-order valence-electron chi connectivity index (χ2n) is 9.10. The smallest absolute Gasteiger partial charge is 0.271 e. The SMILES string of the molecule is Cc1ccc([N+](=O)[O-])cc1N1C(=O)[C@@H]2C3c4ccccc4C(C)(c4ccccc43)[C@@H]2C1=O. The number of aryl methyl sites for hydroxylation is 1. The summed E-state index contributed by atoms with van der Waals surface area (Å²) in [6.07, 6.45) is 0. The van der Waals surface area contributed by atoms with Crippen LogP contribution in [0.3, 0.4) is 0 Å². The molecule has 1 heterocycles. The standard InChI is InChI=1S/C26H20N2O4/c1-14-11-12-15(28(31)32)13-20(14)27-24(29)22-21-16-7-3-5-9-18(16)26(2,23(22)25(27)30)19-10-6-4-8-17(19)21/h3-13,21-23H,1-2H3/t21?,22-,23+,26?/m1/s1. The van der Waals surface area contributed by atoms with E-state index in [0.717, 1.165) is 22.3 Å². The topological polar surface area (TPSA) is 80.5 Å². The molecule has 6 heteroatoms. The Morgan fingerprint density at radius 1 is 0.906 bits per heavy atom. The number of benzene rings is 3. The molecule has 7 rings (SSSR count). The summed E-state index contributed by atoms with van der Waals surface area (Å²) in [5.74, 6) is -1.85. The Kier molecular flexibility index (Phi) is 3.62. The van der Waals surface area contributed by atoms with Crippen LogP contribution in [0.4, 0.5) is 11.4 Å². The Morgan fingerprint density at radius 2 is 1.50 bits per heavy atom. The zero-order chi connectivity index (χ0) is 22.4. The lowest BCUT2D eigenvalue weighted by Gasteiger charge is -2.52. The van der Waals surface area contributed by atoms with Crippen molar-refractivity contribution in [2.75, 3.05) is 4.90 Å². The molecule has 0 spiro atoms. The van der Waals surface area contributed by atoms with E-state index in [1.54, 1.807) is 13.0 Å². The van der Waals surface area contributed by atoms with E-state index in [4.69, 9.17) is 0 Å². The summed E-state index contributed by atoms with van der Waals surface area (Å²) in [4.78, 5) is 39.9. The van der Waals surface area contributed by atoms with Crippen molar-refractivity contribution in [3.05, 3.63) is 105 Å². The Labute approximate surface area is 184 Å². The minimum Gasteiger partial charge on any atom is -0.274 e. The van der Waals surface area contributed by atoms with Gasteiger partial charge in [0.15, 0.2) is 0 Å². The monoisotopic (exact) mass is 424 g/mol. The van der Waals surface area contributed by atoms with E-state index in [1.165, 1.54) is 17.0 Å². The fourth-order valence-electron chi connectivity index (χ4n) is 6.34. The van der Waals surface area contributed by atoms with Crippen LogP contribution < -0.4 is 4.90 Å². The Morgan fingerprint density at radius 3 is 2.09 bits per heavy atom. The number of imide groups is 1. The molecule has 1 fully saturated rings. The summed E-state index contributed by atoms with van der Waals surface area (Å²) in [6, 6.07) is 20.5. The molecular formula is C26H20N2O4. The van der Waals surface area contributed by atoms with Crippen molar-refractivity contribution in [2.24, 2.45) is 11.8 Å². The van der Waals surface area contributed by atoms with Gasteiger partial charge < -0.3 is 0 Å². The molecule has 2 amide bonds. The molecule has 2 atom stereocenters. The number of carbonyl (C=O) groups excluding carboxylic acids is 2. The van der Waals surface area contributed by atoms with Crippen molar-refractivity contribution in [3.8, 4) is 0 Å². The predicted molar refractivity (Wildman–Crippen MR) is 118 cm³/mol. The maximum Gasteiger partial charge on any atom is 0.271 e. The molecule has 0 saturated carbocycles. The number of anilines is 1. The lowest BCUT2D eigenvalue weighted by molar-refractivity contribution is -0.384. The third-order valence-electron chi connectivity index (χ3n) is 7.69. The fraction of sp³-hybridized carbons (Fsp3) is 0.231. The van der Waals surface area contributed by atoms with Gasteiger partial charge in [0.05, 0.1) is 22.4 Å². The van der Waals surface area contributed by atoms with Crippen LogP contribution in [-0.2, 0) is 15.0 Å². The first-order chi connectivity index (χ1) is 15.4. The van der Waals surface area contributed by atoms with Crippen LogP contribution in [0.15, 0.2) is 66.7 Å². The van der Waals surface area contributed by atoms with Gasteiger partial charge in [-0.1, -0.05) is 61.5 Å². The highest BCUT2D eigenvalue weighted by Gasteiger charge is 2.66. The molecular weight excluding hydrogens is 404 g/mol. The number of carbonyl (C=O) groups is 2. The lowest BCUT2D eigenvalue weighted by atomic mass is 9.48. The Hall–Kier alpha value is -3.80. The van der Waals surface area contributed by atoms with Crippen LogP contribution >= 0.6 is 0 Å². The predicted octanol–water partition coefficient (Wildman–Crippen LogP) is 4.47. The van der Waals surface area contributed by atoms with Gasteiger partial charge in [0, 0.05) is 23.5 Å². The van der Waals surface area contributed by atoms with E-state index in [2.05, 4.69) is 31.2 Å². The summed E-state index contributed by atoms with van der Waals surface area (Å²) in [7, 11) is 0. The van der Waals surface area contributed by atoms with Gasteiger partial charge in [-0.2, -0.15) is 0 Å². The van der Waals surface area contributed by atoms with Crippen LogP contribution in [0.5, 0.6) is 0 Å². The molecule has 0 aromatic heterocycles. The molecule has 4 aliphatic rings. The third kappa shape index (κ3) is 2.09. The summed E-state index contributed by atoms with van der Waals surface area (Å²) in [5.41, 5.74) is 4.53. The largest absolute Gasteiger partial charge is 0.274 e. The van der Waals surface area contributed by atoms with Crippen molar-refractivity contribution in [2.45, 2.75) is 25.2 Å². The number of nitrogens with zero attached hydrogens (tertiary/aromatic N) is 2. The third-order valence-corrected chi connectivity index (χ3v) is 7.69. The lowest BCUT2D eigenvalue weighted by Crippen LogP contribution is -2.51. The maximum atomic E-state index is 13.9. The van der Waals surface area contributed by atoms with E-state index in [9.17, 15) is 19.7 Å². The Bertz CT molecular complexity index is 1310. The fourth-order valence-corrected chi connectivity index (χ4v) is 6.34.